The molecule has 1 aliphatic rings. The van der Waals surface area contributed by atoms with Crippen molar-refractivity contribution < 1.29 is 4.79 Å². The lowest BCUT2D eigenvalue weighted by molar-refractivity contribution is -0.110. The Kier molecular flexibility index (Phi) is 1.59. The molecule has 0 aromatic carbocycles. The first-order chi connectivity index (χ1) is 4.66. The molecule has 3 heteroatoms. The number of carbonyl (C=O) groups is 1. The van der Waals surface area contributed by atoms with E-state index in [0.717, 1.165) is 6.29 Å². The van der Waals surface area contributed by atoms with E-state index < -0.39 is 5.54 Å². The third-order valence-electron chi connectivity index (χ3n) is 1.50. The molecule has 1 rings (SSSR count). The monoisotopic (exact) mass is 138 g/mol. The molecule has 0 aliphatic heterocycles. The van der Waals surface area contributed by atoms with Gasteiger partial charge in [-0.2, -0.15) is 0 Å². The summed E-state index contributed by atoms with van der Waals surface area (Å²) in [5, 5.41) is 0. The lowest BCUT2D eigenvalue weighted by atomic mass is 9.93. The molecule has 0 heterocycles. The fourth-order valence-electron chi connectivity index (χ4n) is 0.769. The van der Waals surface area contributed by atoms with Crippen LogP contribution >= 0.6 is 0 Å². The molecule has 0 radical (unpaired) electrons. The normalized spacial score (nSPS) is 31.5. The number of aldehydes is 1. The number of hydrogen-bond acceptors (Lipinski definition) is 3. The highest BCUT2D eigenvalue weighted by Crippen LogP contribution is 2.13. The highest BCUT2D eigenvalue weighted by atomic mass is 16.1. The fraction of sp³-hybridized carbons (Fsp3) is 0.286. The van der Waals surface area contributed by atoms with Crippen LogP contribution in [0.5, 0.6) is 0 Å². The number of carbonyl (C=O) groups excluding carboxylic acids is 1. The summed E-state index contributed by atoms with van der Waals surface area (Å²) in [5.74, 6) is 0. The first-order valence-electron chi connectivity index (χ1n) is 3.06. The zero-order valence-electron chi connectivity index (χ0n) is 5.58. The summed E-state index contributed by atoms with van der Waals surface area (Å²) in [6.07, 6.45) is 6.24. The minimum absolute atomic E-state index is 0.499. The molecule has 1 aliphatic carbocycles. The number of rotatable bonds is 1. The second-order valence-electron chi connectivity index (χ2n) is 2.47. The molecule has 1 unspecified atom stereocenters. The lowest BCUT2D eigenvalue weighted by Gasteiger charge is -2.19. The summed E-state index contributed by atoms with van der Waals surface area (Å²) in [4.78, 5) is 10.3. The Labute approximate surface area is 59.4 Å². The molecule has 0 amide bonds. The van der Waals surface area contributed by atoms with Gasteiger partial charge in [0.2, 0.25) is 0 Å². The molecular formula is C7H10N2O. The van der Waals surface area contributed by atoms with E-state index in [-0.39, 0.29) is 0 Å². The largest absolute Gasteiger partial charge is 0.399 e. The average molecular weight is 138 g/mol. The molecular weight excluding hydrogens is 128 g/mol. The van der Waals surface area contributed by atoms with Crippen molar-refractivity contribution in [2.75, 3.05) is 0 Å². The van der Waals surface area contributed by atoms with Gasteiger partial charge in [0.05, 0.1) is 5.54 Å². The maximum absolute atomic E-state index is 10.3. The van der Waals surface area contributed by atoms with E-state index in [1.165, 1.54) is 0 Å². The second kappa shape index (κ2) is 2.27. The molecule has 0 spiro atoms. The molecule has 4 N–H and O–H groups in total. The first kappa shape index (κ1) is 7.02. The van der Waals surface area contributed by atoms with E-state index in [1.807, 2.05) is 0 Å². The zero-order valence-corrected chi connectivity index (χ0v) is 5.58. The van der Waals surface area contributed by atoms with Gasteiger partial charge >= 0.3 is 0 Å². The maximum atomic E-state index is 10.3. The standard InChI is InChI=1S/C7H10N2O/c8-6-1-3-7(9,5-10)4-2-6/h1-3,5H,4,8-9H2. The van der Waals surface area contributed by atoms with Gasteiger partial charge in [-0.05, 0) is 12.5 Å². The van der Waals surface area contributed by atoms with Crippen LogP contribution in [0.3, 0.4) is 0 Å². The Morgan fingerprint density at radius 2 is 2.40 bits per heavy atom. The minimum Gasteiger partial charge on any atom is -0.399 e. The summed E-state index contributed by atoms with van der Waals surface area (Å²) < 4.78 is 0. The molecule has 0 aromatic heterocycles. The highest BCUT2D eigenvalue weighted by Gasteiger charge is 2.20. The van der Waals surface area contributed by atoms with Gasteiger partial charge in [-0.15, -0.1) is 0 Å². The Balaban J connectivity index is 2.76. The number of allylic oxidation sites excluding steroid dienone is 1. The van der Waals surface area contributed by atoms with Crippen LogP contribution in [0.1, 0.15) is 6.42 Å². The summed E-state index contributed by atoms with van der Waals surface area (Å²) in [6.45, 7) is 0. The van der Waals surface area contributed by atoms with E-state index in [9.17, 15) is 4.79 Å². The zero-order chi connectivity index (χ0) is 7.61. The van der Waals surface area contributed by atoms with Gasteiger partial charge in [0.15, 0.2) is 0 Å². The van der Waals surface area contributed by atoms with Crippen molar-refractivity contribution in [3.05, 3.63) is 23.9 Å². The summed E-state index contributed by atoms with van der Waals surface area (Å²) in [6, 6.07) is 0. The van der Waals surface area contributed by atoms with Crippen molar-refractivity contribution in [1.82, 2.24) is 0 Å². The lowest BCUT2D eigenvalue weighted by Crippen LogP contribution is -2.40. The molecule has 0 aromatic rings. The topological polar surface area (TPSA) is 69.1 Å². The predicted molar refractivity (Wildman–Crippen MR) is 39.0 cm³/mol. The van der Waals surface area contributed by atoms with E-state index in [4.69, 9.17) is 11.5 Å². The van der Waals surface area contributed by atoms with Crippen molar-refractivity contribution in [2.45, 2.75) is 12.0 Å². The SMILES string of the molecule is NC1=CCC(N)(C=O)C=C1. The minimum atomic E-state index is -0.817. The number of hydrogen-bond donors (Lipinski definition) is 2. The Bertz CT molecular complexity index is 208. The van der Waals surface area contributed by atoms with Gasteiger partial charge in [-0.1, -0.05) is 12.2 Å². The van der Waals surface area contributed by atoms with Gasteiger partial charge in [-0.25, -0.2) is 0 Å². The van der Waals surface area contributed by atoms with Crippen LogP contribution in [0.4, 0.5) is 0 Å². The van der Waals surface area contributed by atoms with Crippen LogP contribution in [0, 0.1) is 0 Å². The van der Waals surface area contributed by atoms with Crippen molar-refractivity contribution in [3.8, 4) is 0 Å². The van der Waals surface area contributed by atoms with E-state index in [0.29, 0.717) is 12.1 Å². The van der Waals surface area contributed by atoms with E-state index >= 15 is 0 Å². The van der Waals surface area contributed by atoms with Gasteiger partial charge in [0.1, 0.15) is 6.29 Å². The third kappa shape index (κ3) is 1.25. The summed E-state index contributed by atoms with van der Waals surface area (Å²) in [7, 11) is 0. The molecule has 0 saturated heterocycles. The van der Waals surface area contributed by atoms with Crippen LogP contribution in [0.25, 0.3) is 0 Å². The van der Waals surface area contributed by atoms with Crippen molar-refractivity contribution >= 4 is 6.29 Å². The smallest absolute Gasteiger partial charge is 0.144 e. The number of nitrogens with two attached hydrogens (primary N) is 2. The first-order valence-corrected chi connectivity index (χ1v) is 3.06. The molecule has 10 heavy (non-hydrogen) atoms. The van der Waals surface area contributed by atoms with Crippen LogP contribution in [0.2, 0.25) is 0 Å². The summed E-state index contributed by atoms with van der Waals surface area (Å²) >= 11 is 0. The second-order valence-corrected chi connectivity index (χ2v) is 2.47. The quantitative estimate of drug-likeness (QED) is 0.488. The van der Waals surface area contributed by atoms with Gasteiger partial charge in [0, 0.05) is 5.70 Å². The predicted octanol–water partition coefficient (Wildman–Crippen LogP) is -0.315. The van der Waals surface area contributed by atoms with Crippen molar-refractivity contribution in [1.29, 1.82) is 0 Å². The average Bonchev–Trinajstić information content (AvgIpc) is 1.96. The van der Waals surface area contributed by atoms with Crippen LogP contribution < -0.4 is 11.5 Å². The van der Waals surface area contributed by atoms with Gasteiger partial charge < -0.3 is 16.3 Å². The molecule has 0 bridgehead atoms. The highest BCUT2D eigenvalue weighted by molar-refractivity contribution is 5.69. The maximum Gasteiger partial charge on any atom is 0.144 e. The molecule has 3 nitrogen and oxygen atoms in total. The Morgan fingerprint density at radius 3 is 2.80 bits per heavy atom. The van der Waals surface area contributed by atoms with Crippen LogP contribution in [-0.2, 0) is 4.79 Å². The van der Waals surface area contributed by atoms with Crippen molar-refractivity contribution in [3.63, 3.8) is 0 Å². The van der Waals surface area contributed by atoms with Gasteiger partial charge in [-0.3, -0.25) is 0 Å². The van der Waals surface area contributed by atoms with E-state index in [1.54, 1.807) is 18.2 Å². The molecule has 0 saturated carbocycles. The van der Waals surface area contributed by atoms with Crippen molar-refractivity contribution in [2.24, 2.45) is 11.5 Å². The van der Waals surface area contributed by atoms with Gasteiger partial charge in [0.25, 0.3) is 0 Å². The summed E-state index contributed by atoms with van der Waals surface area (Å²) in [5.41, 5.74) is 10.8. The molecule has 0 fully saturated rings. The fourth-order valence-corrected chi connectivity index (χ4v) is 0.769. The van der Waals surface area contributed by atoms with Crippen LogP contribution in [0.15, 0.2) is 23.9 Å². The Hall–Kier alpha value is -1.09. The Morgan fingerprint density at radius 1 is 1.70 bits per heavy atom. The molecule has 1 atom stereocenters. The van der Waals surface area contributed by atoms with Crippen LogP contribution in [-0.4, -0.2) is 11.8 Å². The third-order valence-corrected chi connectivity index (χ3v) is 1.50. The molecule has 54 valence electrons. The van der Waals surface area contributed by atoms with E-state index in [2.05, 4.69) is 0 Å².